The van der Waals surface area contributed by atoms with Gasteiger partial charge in [0.05, 0.1) is 11.2 Å². The third kappa shape index (κ3) is 5.19. The maximum Gasteiger partial charge on any atom is 0.160 e. The molecule has 0 fully saturated rings. The predicted molar refractivity (Wildman–Crippen MR) is 242 cm³/mol. The zero-order valence-corrected chi connectivity index (χ0v) is 31.9. The van der Waals surface area contributed by atoms with Gasteiger partial charge < -0.3 is 9.73 Å². The highest BCUT2D eigenvalue weighted by Crippen LogP contribution is 2.45. The Kier molecular flexibility index (Phi) is 7.40. The number of thiophene rings is 1. The topological polar surface area (TPSA) is 62.8 Å². The third-order valence-electron chi connectivity index (χ3n) is 11.3. The average molecular weight is 761 g/mol. The molecule has 0 spiro atoms. The van der Waals surface area contributed by atoms with Crippen LogP contribution in [-0.4, -0.2) is 16.7 Å². The molecular weight excluding hydrogens is 729 g/mol. The van der Waals surface area contributed by atoms with Crippen molar-refractivity contribution in [3.8, 4) is 22.4 Å². The van der Waals surface area contributed by atoms with Crippen molar-refractivity contribution in [1.82, 2.24) is 10.3 Å². The van der Waals surface area contributed by atoms with E-state index in [0.29, 0.717) is 5.84 Å². The molecule has 0 saturated carbocycles. The zero-order valence-electron chi connectivity index (χ0n) is 31.1. The standard InChI is InChI=1S/C52H32N4OS/c1-3-14-31(15-4-1)34-18-7-8-20-37(34)51-54-50(33-26-27-36-35-19-10-12-25-43(35)57-44(36)30-33)55-52(56-51)41-23-13-22-40-47-45(58-49(40)41)29-28-39-46(47)38-21-9-11-24-42(38)53-48(39)32-16-5-2-6-17-32/h1-30,51H,(H,54,55,56). The first-order valence-corrected chi connectivity index (χ1v) is 20.3. The molecule has 1 aliphatic heterocycles. The number of hydrogen-bond donors (Lipinski definition) is 1. The van der Waals surface area contributed by atoms with Gasteiger partial charge in [0.1, 0.15) is 23.2 Å². The molecule has 1 aliphatic rings. The van der Waals surface area contributed by atoms with Gasteiger partial charge in [0.25, 0.3) is 0 Å². The molecule has 58 heavy (non-hydrogen) atoms. The average Bonchev–Trinajstić information content (AvgIpc) is 3.87. The van der Waals surface area contributed by atoms with Crippen molar-refractivity contribution in [2.24, 2.45) is 9.98 Å². The first kappa shape index (κ1) is 32.8. The molecule has 0 bridgehead atoms. The second kappa shape index (κ2) is 13.1. The summed E-state index contributed by atoms with van der Waals surface area (Å²) >= 11 is 1.80. The van der Waals surface area contributed by atoms with E-state index < -0.39 is 6.17 Å². The Hall–Kier alpha value is -7.41. The van der Waals surface area contributed by atoms with Crippen LogP contribution in [0.5, 0.6) is 0 Å². The normalized spacial score (nSPS) is 14.4. The quantitative estimate of drug-likeness (QED) is 0.178. The van der Waals surface area contributed by atoms with E-state index in [-0.39, 0.29) is 0 Å². The lowest BCUT2D eigenvalue weighted by molar-refractivity contribution is 0.667. The molecule has 11 aromatic rings. The van der Waals surface area contributed by atoms with E-state index in [1.165, 1.54) is 20.9 Å². The fourth-order valence-corrected chi connectivity index (χ4v) is 9.91. The summed E-state index contributed by atoms with van der Waals surface area (Å²) in [4.78, 5) is 16.0. The zero-order chi connectivity index (χ0) is 38.2. The van der Waals surface area contributed by atoms with Gasteiger partial charge in [0.2, 0.25) is 0 Å². The minimum absolute atomic E-state index is 0.404. The van der Waals surface area contributed by atoms with E-state index in [9.17, 15) is 0 Å². The van der Waals surface area contributed by atoms with Crippen molar-refractivity contribution >= 4 is 86.8 Å². The highest BCUT2D eigenvalue weighted by molar-refractivity contribution is 7.26. The van der Waals surface area contributed by atoms with E-state index in [0.717, 1.165) is 87.8 Å². The lowest BCUT2D eigenvalue weighted by Crippen LogP contribution is -2.33. The fourth-order valence-electron chi connectivity index (χ4n) is 8.69. The molecule has 0 aliphatic carbocycles. The molecule has 0 amide bonds. The van der Waals surface area contributed by atoms with Gasteiger partial charge in [-0.05, 0) is 47.5 Å². The summed E-state index contributed by atoms with van der Waals surface area (Å²) in [5.74, 6) is 1.43. The number of aliphatic imine (C=N–C) groups is 2. The summed E-state index contributed by atoms with van der Waals surface area (Å²) in [6.45, 7) is 0. The molecule has 4 heterocycles. The maximum atomic E-state index is 6.36. The van der Waals surface area contributed by atoms with Crippen molar-refractivity contribution in [3.05, 3.63) is 199 Å². The van der Waals surface area contributed by atoms with Gasteiger partial charge in [-0.2, -0.15) is 0 Å². The molecule has 8 aromatic carbocycles. The molecule has 5 nitrogen and oxygen atoms in total. The van der Waals surface area contributed by atoms with Gasteiger partial charge in [0.15, 0.2) is 5.84 Å². The van der Waals surface area contributed by atoms with Crippen molar-refractivity contribution in [2.45, 2.75) is 6.17 Å². The summed E-state index contributed by atoms with van der Waals surface area (Å²) in [6.07, 6.45) is -0.404. The van der Waals surface area contributed by atoms with Crippen LogP contribution < -0.4 is 5.32 Å². The second-order valence-electron chi connectivity index (χ2n) is 14.7. The molecule has 272 valence electrons. The van der Waals surface area contributed by atoms with Gasteiger partial charge in [-0.1, -0.05) is 146 Å². The lowest BCUT2D eigenvalue weighted by atomic mass is 9.95. The number of nitrogens with one attached hydrogen (secondary N) is 1. The molecule has 12 rings (SSSR count). The van der Waals surface area contributed by atoms with Crippen LogP contribution in [-0.2, 0) is 0 Å². The first-order chi connectivity index (χ1) is 28.7. The Labute approximate surface area is 337 Å². The summed E-state index contributed by atoms with van der Waals surface area (Å²) in [5.41, 5.74) is 10.0. The number of furan rings is 1. The molecular formula is C52H32N4OS. The summed E-state index contributed by atoms with van der Waals surface area (Å²) in [6, 6.07) is 63.7. The van der Waals surface area contributed by atoms with Crippen LogP contribution in [0, 0.1) is 0 Å². The lowest BCUT2D eigenvalue weighted by Gasteiger charge is -2.25. The molecule has 3 aromatic heterocycles. The SMILES string of the molecule is c1ccc(-c2ccccc2C2N=C(c3cccc4c3sc3ccc5c(-c6ccccc6)nc6ccccc6c5c34)N=C(c3ccc4c(c3)oc3ccccc34)N2)cc1. The van der Waals surface area contributed by atoms with Crippen LogP contribution >= 0.6 is 11.3 Å². The Morgan fingerprint density at radius 3 is 2.07 bits per heavy atom. The molecule has 1 atom stereocenters. The number of fused-ring (bicyclic) bond motifs is 10. The van der Waals surface area contributed by atoms with Gasteiger partial charge >= 0.3 is 0 Å². The minimum Gasteiger partial charge on any atom is -0.456 e. The van der Waals surface area contributed by atoms with Gasteiger partial charge in [-0.15, -0.1) is 11.3 Å². The van der Waals surface area contributed by atoms with E-state index in [1.54, 1.807) is 11.3 Å². The van der Waals surface area contributed by atoms with Crippen LogP contribution in [0.1, 0.15) is 22.9 Å². The number of amidine groups is 2. The van der Waals surface area contributed by atoms with Crippen molar-refractivity contribution in [3.63, 3.8) is 0 Å². The first-order valence-electron chi connectivity index (χ1n) is 19.5. The van der Waals surface area contributed by atoms with Gasteiger partial charge in [-0.25, -0.2) is 15.0 Å². The number of aromatic nitrogens is 1. The molecule has 1 N–H and O–H groups in total. The van der Waals surface area contributed by atoms with Crippen molar-refractivity contribution < 1.29 is 4.42 Å². The monoisotopic (exact) mass is 760 g/mol. The molecule has 0 radical (unpaired) electrons. The Balaban J connectivity index is 1.09. The third-order valence-corrected chi connectivity index (χ3v) is 12.6. The van der Waals surface area contributed by atoms with E-state index in [4.69, 9.17) is 19.4 Å². The Bertz CT molecular complexity index is 3490. The van der Waals surface area contributed by atoms with E-state index in [1.807, 2.05) is 12.1 Å². The largest absolute Gasteiger partial charge is 0.456 e. The minimum atomic E-state index is -0.404. The Morgan fingerprint density at radius 1 is 0.500 bits per heavy atom. The number of para-hydroxylation sites is 2. The van der Waals surface area contributed by atoms with Crippen LogP contribution in [0.4, 0.5) is 0 Å². The number of benzene rings is 8. The van der Waals surface area contributed by atoms with Crippen LogP contribution in [0.2, 0.25) is 0 Å². The van der Waals surface area contributed by atoms with Gasteiger partial charge in [-0.3, -0.25) is 0 Å². The molecule has 6 heteroatoms. The highest BCUT2D eigenvalue weighted by atomic mass is 32.1. The number of nitrogens with zero attached hydrogens (tertiary/aromatic N) is 3. The number of pyridine rings is 1. The van der Waals surface area contributed by atoms with Crippen LogP contribution in [0.3, 0.4) is 0 Å². The Morgan fingerprint density at radius 2 is 1.19 bits per heavy atom. The van der Waals surface area contributed by atoms with Crippen LogP contribution in [0.15, 0.2) is 196 Å². The van der Waals surface area contributed by atoms with E-state index in [2.05, 4.69) is 175 Å². The predicted octanol–water partition coefficient (Wildman–Crippen LogP) is 13.5. The summed E-state index contributed by atoms with van der Waals surface area (Å²) < 4.78 is 8.73. The van der Waals surface area contributed by atoms with E-state index >= 15 is 0 Å². The van der Waals surface area contributed by atoms with Crippen molar-refractivity contribution in [1.29, 1.82) is 0 Å². The highest BCUT2D eigenvalue weighted by Gasteiger charge is 2.26. The molecule has 0 saturated heterocycles. The van der Waals surface area contributed by atoms with Gasteiger partial charge in [0, 0.05) is 69.4 Å². The summed E-state index contributed by atoms with van der Waals surface area (Å²) in [5, 5.41) is 11.8. The second-order valence-corrected chi connectivity index (χ2v) is 15.8. The molecule has 1 unspecified atom stereocenters. The number of hydrogen-bond acceptors (Lipinski definition) is 6. The van der Waals surface area contributed by atoms with Crippen LogP contribution in [0.25, 0.3) is 86.2 Å². The summed E-state index contributed by atoms with van der Waals surface area (Å²) in [7, 11) is 0. The van der Waals surface area contributed by atoms with Crippen molar-refractivity contribution in [2.75, 3.05) is 0 Å². The number of rotatable bonds is 5. The maximum absolute atomic E-state index is 6.36. The smallest absolute Gasteiger partial charge is 0.160 e. The fraction of sp³-hybridized carbons (Fsp3) is 0.0192.